The summed E-state index contributed by atoms with van der Waals surface area (Å²) in [7, 11) is 1.43. The van der Waals surface area contributed by atoms with Crippen molar-refractivity contribution < 1.29 is 9.13 Å². The van der Waals surface area contributed by atoms with Crippen LogP contribution in [0.4, 0.5) is 4.39 Å². The summed E-state index contributed by atoms with van der Waals surface area (Å²) in [6.07, 6.45) is 4.57. The second-order valence-corrected chi connectivity index (χ2v) is 4.22. The Morgan fingerprint density at radius 2 is 2.21 bits per heavy atom. The van der Waals surface area contributed by atoms with Gasteiger partial charge in [-0.15, -0.1) is 5.10 Å². The Kier molecular flexibility index (Phi) is 4.46. The number of ether oxygens (including phenoxy) is 1. The monoisotopic (exact) mass is 264 g/mol. The van der Waals surface area contributed by atoms with Crippen LogP contribution in [0.3, 0.4) is 0 Å². The number of aryl methyl sites for hydroxylation is 1. The molecule has 0 aliphatic rings. The summed E-state index contributed by atoms with van der Waals surface area (Å²) < 4.78 is 20.0. The maximum Gasteiger partial charge on any atom is 0.167 e. The largest absolute Gasteiger partial charge is 0.494 e. The van der Waals surface area contributed by atoms with E-state index in [4.69, 9.17) is 10.5 Å². The smallest absolute Gasteiger partial charge is 0.167 e. The van der Waals surface area contributed by atoms with E-state index in [0.29, 0.717) is 12.2 Å². The van der Waals surface area contributed by atoms with Crippen LogP contribution in [0.25, 0.3) is 5.69 Å². The molecule has 0 saturated carbocycles. The first-order chi connectivity index (χ1) is 9.24. The molecule has 0 amide bonds. The zero-order valence-corrected chi connectivity index (χ0v) is 10.8. The van der Waals surface area contributed by atoms with Crippen molar-refractivity contribution in [1.29, 1.82) is 0 Å². The average molecular weight is 264 g/mol. The van der Waals surface area contributed by atoms with Gasteiger partial charge in [-0.3, -0.25) is 0 Å². The number of aromatic nitrogens is 3. The van der Waals surface area contributed by atoms with Crippen molar-refractivity contribution in [1.82, 2.24) is 15.0 Å². The molecule has 0 aliphatic heterocycles. The summed E-state index contributed by atoms with van der Waals surface area (Å²) in [5.41, 5.74) is 6.94. The molecule has 2 aromatic rings. The third-order valence-electron chi connectivity index (χ3n) is 2.83. The van der Waals surface area contributed by atoms with Gasteiger partial charge in [-0.2, -0.15) is 0 Å². The fourth-order valence-corrected chi connectivity index (χ4v) is 1.79. The van der Waals surface area contributed by atoms with E-state index in [1.807, 2.05) is 0 Å². The highest BCUT2D eigenvalue weighted by Gasteiger charge is 2.07. The minimum absolute atomic E-state index is 0.215. The summed E-state index contributed by atoms with van der Waals surface area (Å²) in [6, 6.07) is 4.68. The number of unbranched alkanes of at least 4 members (excludes halogenated alkanes) is 1. The van der Waals surface area contributed by atoms with E-state index in [-0.39, 0.29) is 5.75 Å². The van der Waals surface area contributed by atoms with Crippen molar-refractivity contribution in [2.24, 2.45) is 5.73 Å². The van der Waals surface area contributed by atoms with Gasteiger partial charge >= 0.3 is 0 Å². The number of nitrogens with two attached hydrogens (primary N) is 1. The van der Waals surface area contributed by atoms with Crippen LogP contribution in [0.1, 0.15) is 18.5 Å². The van der Waals surface area contributed by atoms with Crippen molar-refractivity contribution in [3.8, 4) is 11.4 Å². The Labute approximate surface area is 111 Å². The lowest BCUT2D eigenvalue weighted by atomic mass is 10.2. The van der Waals surface area contributed by atoms with E-state index < -0.39 is 5.82 Å². The number of rotatable bonds is 6. The van der Waals surface area contributed by atoms with E-state index in [1.54, 1.807) is 23.0 Å². The molecular weight excluding hydrogens is 247 g/mol. The molecule has 0 fully saturated rings. The number of benzene rings is 1. The lowest BCUT2D eigenvalue weighted by molar-refractivity contribution is 0.386. The third kappa shape index (κ3) is 3.29. The normalized spacial score (nSPS) is 10.7. The predicted molar refractivity (Wildman–Crippen MR) is 69.9 cm³/mol. The molecule has 0 spiro atoms. The van der Waals surface area contributed by atoms with Gasteiger partial charge < -0.3 is 10.5 Å². The van der Waals surface area contributed by atoms with E-state index in [0.717, 1.165) is 25.0 Å². The molecule has 1 aromatic carbocycles. The Bertz CT molecular complexity index is 541. The maximum absolute atomic E-state index is 13.6. The van der Waals surface area contributed by atoms with Crippen molar-refractivity contribution in [3.05, 3.63) is 35.9 Å². The van der Waals surface area contributed by atoms with Gasteiger partial charge in [0.1, 0.15) is 0 Å². The minimum Gasteiger partial charge on any atom is -0.494 e. The van der Waals surface area contributed by atoms with Crippen LogP contribution in [0.15, 0.2) is 24.4 Å². The molecule has 0 unspecified atom stereocenters. The summed E-state index contributed by atoms with van der Waals surface area (Å²) >= 11 is 0. The molecule has 0 bridgehead atoms. The van der Waals surface area contributed by atoms with Crippen molar-refractivity contribution in [2.75, 3.05) is 13.7 Å². The van der Waals surface area contributed by atoms with Crippen LogP contribution in [0, 0.1) is 5.82 Å². The Balaban J connectivity index is 2.11. The highest BCUT2D eigenvalue weighted by Crippen LogP contribution is 2.19. The highest BCUT2D eigenvalue weighted by molar-refractivity contribution is 5.38. The molecule has 2 rings (SSSR count). The van der Waals surface area contributed by atoms with Crippen LogP contribution < -0.4 is 10.5 Å². The Morgan fingerprint density at radius 3 is 2.89 bits per heavy atom. The third-order valence-corrected chi connectivity index (χ3v) is 2.83. The summed E-state index contributed by atoms with van der Waals surface area (Å²) in [5.74, 6) is -0.202. The zero-order valence-electron chi connectivity index (χ0n) is 10.8. The van der Waals surface area contributed by atoms with E-state index >= 15 is 0 Å². The molecule has 2 N–H and O–H groups in total. The SMILES string of the molecule is COc1ccc(-n2cc(CCCCN)nn2)cc1F. The topological polar surface area (TPSA) is 66.0 Å². The molecule has 0 radical (unpaired) electrons. The second-order valence-electron chi connectivity index (χ2n) is 4.22. The average Bonchev–Trinajstić information content (AvgIpc) is 2.88. The molecule has 1 aromatic heterocycles. The fourth-order valence-electron chi connectivity index (χ4n) is 1.79. The number of methoxy groups -OCH3 is 1. The van der Waals surface area contributed by atoms with Gasteiger partial charge in [0.2, 0.25) is 0 Å². The van der Waals surface area contributed by atoms with Crippen LogP contribution in [0.2, 0.25) is 0 Å². The highest BCUT2D eigenvalue weighted by atomic mass is 19.1. The van der Waals surface area contributed by atoms with Gasteiger partial charge in [0.25, 0.3) is 0 Å². The van der Waals surface area contributed by atoms with E-state index in [9.17, 15) is 4.39 Å². The summed E-state index contributed by atoms with van der Waals surface area (Å²) in [6.45, 7) is 0.678. The van der Waals surface area contributed by atoms with Crippen LogP contribution >= 0.6 is 0 Å². The molecule has 6 heteroatoms. The van der Waals surface area contributed by atoms with Crippen LogP contribution in [-0.4, -0.2) is 28.6 Å². The predicted octanol–water partition coefficient (Wildman–Crippen LogP) is 1.70. The lowest BCUT2D eigenvalue weighted by Crippen LogP contribution is -1.99. The van der Waals surface area contributed by atoms with E-state index in [1.165, 1.54) is 13.2 Å². The minimum atomic E-state index is -0.416. The quantitative estimate of drug-likeness (QED) is 0.806. The van der Waals surface area contributed by atoms with Crippen molar-refractivity contribution in [3.63, 3.8) is 0 Å². The van der Waals surface area contributed by atoms with E-state index in [2.05, 4.69) is 10.3 Å². The fraction of sp³-hybridized carbons (Fsp3) is 0.385. The first-order valence-corrected chi connectivity index (χ1v) is 6.20. The van der Waals surface area contributed by atoms with Gasteiger partial charge in [0, 0.05) is 6.07 Å². The molecular formula is C13H17FN4O. The van der Waals surface area contributed by atoms with Gasteiger partial charge in [-0.05, 0) is 37.9 Å². The number of hydrogen-bond donors (Lipinski definition) is 1. The van der Waals surface area contributed by atoms with Gasteiger partial charge in [0.05, 0.1) is 24.7 Å². The van der Waals surface area contributed by atoms with Gasteiger partial charge in [-0.1, -0.05) is 5.21 Å². The van der Waals surface area contributed by atoms with Crippen molar-refractivity contribution in [2.45, 2.75) is 19.3 Å². The first kappa shape index (κ1) is 13.5. The number of nitrogens with zero attached hydrogens (tertiary/aromatic N) is 3. The zero-order chi connectivity index (χ0) is 13.7. The molecule has 1 heterocycles. The molecule has 5 nitrogen and oxygen atoms in total. The van der Waals surface area contributed by atoms with Gasteiger partial charge in [-0.25, -0.2) is 9.07 Å². The molecule has 102 valence electrons. The second kappa shape index (κ2) is 6.29. The van der Waals surface area contributed by atoms with Crippen LogP contribution in [-0.2, 0) is 6.42 Å². The lowest BCUT2D eigenvalue weighted by Gasteiger charge is -2.04. The molecule has 19 heavy (non-hydrogen) atoms. The summed E-state index contributed by atoms with van der Waals surface area (Å²) in [4.78, 5) is 0. The summed E-state index contributed by atoms with van der Waals surface area (Å²) in [5, 5.41) is 8.04. The van der Waals surface area contributed by atoms with Crippen LogP contribution in [0.5, 0.6) is 5.75 Å². The molecule has 0 atom stereocenters. The Hall–Kier alpha value is -1.95. The molecule has 0 saturated heterocycles. The number of hydrogen-bond acceptors (Lipinski definition) is 4. The maximum atomic E-state index is 13.6. The molecule has 0 aliphatic carbocycles. The van der Waals surface area contributed by atoms with Crippen molar-refractivity contribution >= 4 is 0 Å². The Morgan fingerprint density at radius 1 is 1.37 bits per heavy atom. The van der Waals surface area contributed by atoms with Gasteiger partial charge in [0.15, 0.2) is 11.6 Å². The standard InChI is InChI=1S/C13H17FN4O/c1-19-13-6-5-11(8-12(13)14)18-9-10(16-17-18)4-2-3-7-15/h5-6,8-9H,2-4,7,15H2,1H3. The first-order valence-electron chi connectivity index (χ1n) is 6.20. The number of halogens is 1.